The molecule has 2 nitrogen and oxygen atoms in total. The molecule has 1 heterocycles. The lowest BCUT2D eigenvalue weighted by atomic mass is 10.0. The summed E-state index contributed by atoms with van der Waals surface area (Å²) in [5, 5.41) is 0.837. The van der Waals surface area contributed by atoms with Crippen LogP contribution in [0.15, 0.2) is 42.5 Å². The average Bonchev–Trinajstić information content (AvgIpc) is 2.29. The van der Waals surface area contributed by atoms with Crippen LogP contribution in [0, 0.1) is 6.92 Å². The summed E-state index contributed by atoms with van der Waals surface area (Å²) < 4.78 is 17.4. The molecule has 0 spiro atoms. The van der Waals surface area contributed by atoms with E-state index in [0.29, 0.717) is 0 Å². The molecule has 3 rings (SSSR count). The zero-order valence-corrected chi connectivity index (χ0v) is 9.86. The topological polar surface area (TPSA) is 26.3 Å². The highest BCUT2D eigenvalue weighted by Crippen LogP contribution is 2.42. The average molecular weight is 230 g/mol. The van der Waals surface area contributed by atoms with Gasteiger partial charge in [0.2, 0.25) is 0 Å². The van der Waals surface area contributed by atoms with Gasteiger partial charge in [0.15, 0.2) is 0 Å². The summed E-state index contributed by atoms with van der Waals surface area (Å²) >= 11 is 0. The van der Waals surface area contributed by atoms with Gasteiger partial charge in [-0.3, -0.25) is 4.57 Å². The maximum Gasteiger partial charge on any atom is 0.266 e. The maximum atomic E-state index is 12.0. The monoisotopic (exact) mass is 230 g/mol. The summed E-state index contributed by atoms with van der Waals surface area (Å²) in [6.07, 6.45) is 0. The Balaban J connectivity index is 2.33. The summed E-state index contributed by atoms with van der Waals surface area (Å²) in [5.41, 5.74) is 3.18. The van der Waals surface area contributed by atoms with Crippen LogP contribution in [0.1, 0.15) is 5.56 Å². The lowest BCUT2D eigenvalue weighted by Gasteiger charge is -2.20. The third kappa shape index (κ3) is 1.38. The van der Waals surface area contributed by atoms with Crippen LogP contribution in [0.4, 0.5) is 0 Å². The van der Waals surface area contributed by atoms with Crippen LogP contribution in [0.25, 0.3) is 11.1 Å². The van der Waals surface area contributed by atoms with Crippen molar-refractivity contribution in [3.05, 3.63) is 48.0 Å². The minimum atomic E-state index is -2.13. The van der Waals surface area contributed by atoms with Crippen molar-refractivity contribution in [2.45, 2.75) is 6.92 Å². The van der Waals surface area contributed by atoms with Crippen molar-refractivity contribution in [1.29, 1.82) is 0 Å². The van der Waals surface area contributed by atoms with Crippen molar-refractivity contribution < 1.29 is 9.09 Å². The van der Waals surface area contributed by atoms with Gasteiger partial charge in [0.1, 0.15) is 5.75 Å². The molecule has 0 aromatic heterocycles. The second-order valence-corrected chi connectivity index (χ2v) is 5.25. The second kappa shape index (κ2) is 3.50. The van der Waals surface area contributed by atoms with Crippen LogP contribution in [0.3, 0.4) is 0 Å². The maximum absolute atomic E-state index is 12.0. The summed E-state index contributed by atoms with van der Waals surface area (Å²) in [7, 11) is -2.13. The quantitative estimate of drug-likeness (QED) is 0.650. The smallest absolute Gasteiger partial charge is 0.266 e. The number of hydrogen-bond acceptors (Lipinski definition) is 2. The largest absolute Gasteiger partial charge is 0.441 e. The van der Waals surface area contributed by atoms with Gasteiger partial charge in [-0.15, -0.1) is 0 Å². The Kier molecular flexibility index (Phi) is 2.12. The first-order valence-electron chi connectivity index (χ1n) is 5.18. The summed E-state index contributed by atoms with van der Waals surface area (Å²) in [6, 6.07) is 13.7. The fraction of sp³-hybridized carbons (Fsp3) is 0.0769. The molecule has 0 N–H and O–H groups in total. The number of rotatable bonds is 0. The number of hydrogen-bond donors (Lipinski definition) is 0. The Morgan fingerprint density at radius 1 is 1.06 bits per heavy atom. The van der Waals surface area contributed by atoms with Crippen molar-refractivity contribution in [3.63, 3.8) is 0 Å². The minimum absolute atomic E-state index is 0.725. The molecular weight excluding hydrogens is 219 g/mol. The van der Waals surface area contributed by atoms with E-state index in [0.717, 1.165) is 27.7 Å². The lowest BCUT2D eigenvalue weighted by Crippen LogP contribution is -2.10. The van der Waals surface area contributed by atoms with Crippen molar-refractivity contribution in [1.82, 2.24) is 0 Å². The van der Waals surface area contributed by atoms with Crippen molar-refractivity contribution in [2.24, 2.45) is 0 Å². The first-order valence-corrected chi connectivity index (χ1v) is 6.49. The molecule has 0 amide bonds. The van der Waals surface area contributed by atoms with Gasteiger partial charge in [-0.2, -0.15) is 0 Å². The lowest BCUT2D eigenvalue weighted by molar-refractivity contribution is 0.513. The number of aryl methyl sites for hydroxylation is 1. The van der Waals surface area contributed by atoms with Crippen LogP contribution in [-0.2, 0) is 4.57 Å². The van der Waals surface area contributed by atoms with E-state index in [1.165, 1.54) is 0 Å². The SMILES string of the molecule is Cc1ccc2c(c1)[PH](=O)Oc1ccccc1-2. The molecule has 0 saturated carbocycles. The summed E-state index contributed by atoms with van der Waals surface area (Å²) in [6.45, 7) is 2.00. The molecule has 0 saturated heterocycles. The van der Waals surface area contributed by atoms with E-state index in [1.54, 1.807) is 0 Å². The van der Waals surface area contributed by atoms with Crippen LogP contribution in [-0.4, -0.2) is 0 Å². The van der Waals surface area contributed by atoms with Gasteiger partial charge in [0, 0.05) is 5.56 Å². The number of fused-ring (bicyclic) bond motifs is 3. The molecule has 1 unspecified atom stereocenters. The number of para-hydroxylation sites is 1. The minimum Gasteiger partial charge on any atom is -0.441 e. The molecular formula is C13H11O2P. The Morgan fingerprint density at radius 3 is 2.75 bits per heavy atom. The van der Waals surface area contributed by atoms with E-state index in [9.17, 15) is 4.57 Å². The number of benzene rings is 2. The molecule has 3 heteroatoms. The fourth-order valence-corrected chi connectivity index (χ4v) is 3.27. The van der Waals surface area contributed by atoms with Gasteiger partial charge in [-0.1, -0.05) is 35.9 Å². The van der Waals surface area contributed by atoms with Crippen molar-refractivity contribution >= 4 is 13.3 Å². The van der Waals surface area contributed by atoms with Crippen LogP contribution in [0.5, 0.6) is 5.75 Å². The molecule has 2 aromatic rings. The highest BCUT2D eigenvalue weighted by atomic mass is 31.1. The van der Waals surface area contributed by atoms with E-state index < -0.39 is 8.03 Å². The van der Waals surface area contributed by atoms with Gasteiger partial charge in [0.25, 0.3) is 8.03 Å². The zero-order chi connectivity index (χ0) is 11.1. The molecule has 2 aromatic carbocycles. The van der Waals surface area contributed by atoms with Gasteiger partial charge in [-0.25, -0.2) is 0 Å². The normalized spacial score (nSPS) is 17.2. The van der Waals surface area contributed by atoms with E-state index in [2.05, 4.69) is 0 Å². The highest BCUT2D eigenvalue weighted by molar-refractivity contribution is 7.49. The van der Waals surface area contributed by atoms with Gasteiger partial charge >= 0.3 is 0 Å². The van der Waals surface area contributed by atoms with Crippen LogP contribution < -0.4 is 9.83 Å². The first-order chi connectivity index (χ1) is 7.75. The van der Waals surface area contributed by atoms with Crippen LogP contribution >= 0.6 is 8.03 Å². The molecule has 0 radical (unpaired) electrons. The summed E-state index contributed by atoms with van der Waals surface area (Å²) in [5.74, 6) is 0.725. The third-order valence-electron chi connectivity index (χ3n) is 2.77. The van der Waals surface area contributed by atoms with Gasteiger partial charge in [0.05, 0.1) is 5.30 Å². The van der Waals surface area contributed by atoms with Crippen molar-refractivity contribution in [2.75, 3.05) is 0 Å². The van der Waals surface area contributed by atoms with Gasteiger partial charge < -0.3 is 4.52 Å². The van der Waals surface area contributed by atoms with Crippen LogP contribution in [0.2, 0.25) is 0 Å². The van der Waals surface area contributed by atoms with E-state index in [1.807, 2.05) is 49.4 Å². The summed E-state index contributed by atoms with van der Waals surface area (Å²) in [4.78, 5) is 0. The van der Waals surface area contributed by atoms with E-state index in [4.69, 9.17) is 4.52 Å². The van der Waals surface area contributed by atoms with E-state index >= 15 is 0 Å². The molecule has 1 atom stereocenters. The molecule has 80 valence electrons. The predicted octanol–water partition coefficient (Wildman–Crippen LogP) is 3.15. The fourth-order valence-electron chi connectivity index (χ4n) is 1.99. The molecule has 0 fully saturated rings. The second-order valence-electron chi connectivity index (χ2n) is 3.93. The standard InChI is InChI=1S/C13H11O2P/c1-9-6-7-11-10-4-2-3-5-12(10)15-16(14)13(11)8-9/h2-8,16H,1H3. The predicted molar refractivity (Wildman–Crippen MR) is 65.9 cm³/mol. The molecule has 1 aliphatic heterocycles. The highest BCUT2D eigenvalue weighted by Gasteiger charge is 2.21. The molecule has 0 bridgehead atoms. The first kappa shape index (κ1) is 9.68. The Hall–Kier alpha value is -1.53. The Bertz CT molecular complexity index is 590. The van der Waals surface area contributed by atoms with Crippen molar-refractivity contribution in [3.8, 4) is 16.9 Å². The molecule has 1 aliphatic rings. The zero-order valence-electron chi connectivity index (χ0n) is 8.86. The molecule has 16 heavy (non-hydrogen) atoms. The Labute approximate surface area is 94.8 Å². The van der Waals surface area contributed by atoms with Gasteiger partial charge in [-0.05, 0) is 24.6 Å². The Morgan fingerprint density at radius 2 is 1.88 bits per heavy atom. The third-order valence-corrected chi connectivity index (χ3v) is 4.03. The molecule has 0 aliphatic carbocycles. The van der Waals surface area contributed by atoms with E-state index in [-0.39, 0.29) is 0 Å².